The first-order valence-corrected chi connectivity index (χ1v) is 8.32. The molecule has 108 valence electrons. The van der Waals surface area contributed by atoms with Gasteiger partial charge in [-0.25, -0.2) is 0 Å². The Bertz CT molecular complexity index is 348. The zero-order valence-corrected chi connectivity index (χ0v) is 13.6. The highest BCUT2D eigenvalue weighted by Gasteiger charge is 2.04. The molecular weight excluding hydrogens is 252 g/mol. The summed E-state index contributed by atoms with van der Waals surface area (Å²) >= 11 is 1.98. The van der Waals surface area contributed by atoms with E-state index < -0.39 is 0 Å². The van der Waals surface area contributed by atoms with E-state index in [4.69, 9.17) is 0 Å². The number of nitrogens with one attached hydrogen (secondary N) is 1. The van der Waals surface area contributed by atoms with Crippen LogP contribution in [0.4, 0.5) is 0 Å². The maximum absolute atomic E-state index is 3.50. The van der Waals surface area contributed by atoms with Crippen LogP contribution in [0.5, 0.6) is 0 Å². The van der Waals surface area contributed by atoms with E-state index in [1.165, 1.54) is 22.8 Å². The molecule has 0 aliphatic rings. The van der Waals surface area contributed by atoms with Gasteiger partial charge in [-0.2, -0.15) is 0 Å². The smallest absolute Gasteiger partial charge is 0.0218 e. The quantitative estimate of drug-likeness (QED) is 0.696. The minimum atomic E-state index is 0.536. The molecule has 3 heteroatoms. The molecule has 2 nitrogen and oxygen atoms in total. The van der Waals surface area contributed by atoms with Crippen molar-refractivity contribution >= 4 is 11.8 Å². The van der Waals surface area contributed by atoms with E-state index >= 15 is 0 Å². The van der Waals surface area contributed by atoms with Gasteiger partial charge in [-0.15, -0.1) is 11.8 Å². The van der Waals surface area contributed by atoms with E-state index in [2.05, 4.69) is 62.2 Å². The van der Waals surface area contributed by atoms with Crippen LogP contribution in [0.25, 0.3) is 0 Å². The molecule has 0 heterocycles. The highest BCUT2D eigenvalue weighted by Crippen LogP contribution is 2.22. The highest BCUT2D eigenvalue weighted by atomic mass is 32.2. The number of thioether (sulfide) groups is 1. The van der Waals surface area contributed by atoms with Gasteiger partial charge in [-0.3, -0.25) is 0 Å². The van der Waals surface area contributed by atoms with Crippen LogP contribution in [0.1, 0.15) is 33.3 Å². The largest absolute Gasteiger partial charge is 0.310 e. The lowest BCUT2D eigenvalue weighted by atomic mass is 10.2. The summed E-state index contributed by atoms with van der Waals surface area (Å²) in [6, 6.07) is 9.28. The van der Waals surface area contributed by atoms with Gasteiger partial charge in [-0.05, 0) is 24.7 Å². The number of hydrogen-bond acceptors (Lipinski definition) is 3. The third kappa shape index (κ3) is 6.46. The van der Waals surface area contributed by atoms with E-state index in [1.807, 2.05) is 11.8 Å². The highest BCUT2D eigenvalue weighted by molar-refractivity contribution is 7.99. The molecule has 0 atom stereocenters. The molecule has 0 aromatic heterocycles. The Morgan fingerprint density at radius 1 is 1.16 bits per heavy atom. The van der Waals surface area contributed by atoms with E-state index in [9.17, 15) is 0 Å². The number of hydrogen-bond donors (Lipinski definition) is 1. The van der Waals surface area contributed by atoms with E-state index in [0.29, 0.717) is 6.04 Å². The summed E-state index contributed by atoms with van der Waals surface area (Å²) < 4.78 is 0. The van der Waals surface area contributed by atoms with Crippen molar-refractivity contribution in [3.8, 4) is 0 Å². The van der Waals surface area contributed by atoms with Gasteiger partial charge in [-0.1, -0.05) is 45.9 Å². The molecule has 19 heavy (non-hydrogen) atoms. The molecule has 0 aliphatic heterocycles. The molecule has 0 aliphatic carbocycles. The Morgan fingerprint density at radius 2 is 1.84 bits per heavy atom. The lowest BCUT2D eigenvalue weighted by molar-refractivity contribution is 0.324. The average Bonchev–Trinajstić information content (AvgIpc) is 2.42. The van der Waals surface area contributed by atoms with Gasteiger partial charge in [0.15, 0.2) is 0 Å². The minimum absolute atomic E-state index is 0.536. The molecule has 0 saturated carbocycles. The molecule has 0 saturated heterocycles. The third-order valence-corrected chi connectivity index (χ3v) is 4.33. The summed E-state index contributed by atoms with van der Waals surface area (Å²) in [5.74, 6) is 1.17. The summed E-state index contributed by atoms with van der Waals surface area (Å²) in [7, 11) is 0. The van der Waals surface area contributed by atoms with Gasteiger partial charge in [0.25, 0.3) is 0 Å². The second-order valence-electron chi connectivity index (χ2n) is 5.02. The van der Waals surface area contributed by atoms with E-state index in [0.717, 1.165) is 19.6 Å². The first-order valence-electron chi connectivity index (χ1n) is 7.33. The van der Waals surface area contributed by atoms with E-state index in [-0.39, 0.29) is 0 Å². The Hall–Kier alpha value is -0.510. The van der Waals surface area contributed by atoms with Crippen LogP contribution in [0.2, 0.25) is 0 Å². The zero-order valence-electron chi connectivity index (χ0n) is 12.8. The summed E-state index contributed by atoms with van der Waals surface area (Å²) in [6.07, 6.45) is 0. The summed E-state index contributed by atoms with van der Waals surface area (Å²) in [6.45, 7) is 13.3. The predicted molar refractivity (Wildman–Crippen MR) is 86.9 cm³/mol. The SMILES string of the molecule is CCN(CC)CCSc1ccccc1CNC(C)C. The molecule has 0 bridgehead atoms. The van der Waals surface area contributed by atoms with Crippen molar-refractivity contribution in [2.24, 2.45) is 0 Å². The molecule has 0 radical (unpaired) electrons. The van der Waals surface area contributed by atoms with Crippen LogP contribution in [-0.4, -0.2) is 36.3 Å². The van der Waals surface area contributed by atoms with Gasteiger partial charge in [0, 0.05) is 29.8 Å². The summed E-state index contributed by atoms with van der Waals surface area (Å²) in [5, 5.41) is 3.50. The maximum Gasteiger partial charge on any atom is 0.0218 e. The third-order valence-electron chi connectivity index (χ3n) is 3.23. The second kappa shape index (κ2) is 9.40. The number of rotatable bonds is 9. The van der Waals surface area contributed by atoms with Crippen LogP contribution in [0.15, 0.2) is 29.2 Å². The first kappa shape index (κ1) is 16.5. The Balaban J connectivity index is 2.48. The number of benzene rings is 1. The van der Waals surface area contributed by atoms with Crippen LogP contribution in [0.3, 0.4) is 0 Å². The molecule has 1 rings (SSSR count). The molecule has 0 unspecified atom stereocenters. The van der Waals surface area contributed by atoms with Gasteiger partial charge in [0.2, 0.25) is 0 Å². The Kier molecular flexibility index (Phi) is 8.19. The van der Waals surface area contributed by atoms with Gasteiger partial charge in [0.1, 0.15) is 0 Å². The maximum atomic E-state index is 3.50. The molecular formula is C16H28N2S. The summed E-state index contributed by atoms with van der Waals surface area (Å²) in [5.41, 5.74) is 1.42. The van der Waals surface area contributed by atoms with E-state index in [1.54, 1.807) is 0 Å². The summed E-state index contributed by atoms with van der Waals surface area (Å²) in [4.78, 5) is 3.89. The lowest BCUT2D eigenvalue weighted by Gasteiger charge is -2.18. The van der Waals surface area contributed by atoms with Crippen molar-refractivity contribution in [3.05, 3.63) is 29.8 Å². The van der Waals surface area contributed by atoms with Crippen molar-refractivity contribution < 1.29 is 0 Å². The monoisotopic (exact) mass is 280 g/mol. The molecule has 1 N–H and O–H groups in total. The lowest BCUT2D eigenvalue weighted by Crippen LogP contribution is -2.25. The van der Waals surface area contributed by atoms with Crippen LogP contribution >= 0.6 is 11.8 Å². The minimum Gasteiger partial charge on any atom is -0.310 e. The second-order valence-corrected chi connectivity index (χ2v) is 6.16. The van der Waals surface area contributed by atoms with Crippen molar-refractivity contribution in [3.63, 3.8) is 0 Å². The van der Waals surface area contributed by atoms with Crippen molar-refractivity contribution in [2.75, 3.05) is 25.4 Å². The Morgan fingerprint density at radius 3 is 2.47 bits per heavy atom. The fourth-order valence-corrected chi connectivity index (χ4v) is 3.00. The van der Waals surface area contributed by atoms with Gasteiger partial charge >= 0.3 is 0 Å². The Labute approximate surface area is 123 Å². The molecule has 0 amide bonds. The van der Waals surface area contributed by atoms with Crippen LogP contribution in [0, 0.1) is 0 Å². The number of nitrogens with zero attached hydrogens (tertiary/aromatic N) is 1. The average molecular weight is 280 g/mol. The first-order chi connectivity index (χ1) is 9.17. The molecule has 1 aromatic rings. The zero-order chi connectivity index (χ0) is 14.1. The van der Waals surface area contributed by atoms with Gasteiger partial charge < -0.3 is 10.2 Å². The fraction of sp³-hybridized carbons (Fsp3) is 0.625. The van der Waals surface area contributed by atoms with Crippen LogP contribution < -0.4 is 5.32 Å². The van der Waals surface area contributed by atoms with Gasteiger partial charge in [0.05, 0.1) is 0 Å². The standard InChI is InChI=1S/C16H28N2S/c1-5-18(6-2)11-12-19-16-10-8-7-9-15(16)13-17-14(3)4/h7-10,14,17H,5-6,11-13H2,1-4H3. The fourth-order valence-electron chi connectivity index (χ4n) is 1.93. The topological polar surface area (TPSA) is 15.3 Å². The predicted octanol–water partition coefficient (Wildman–Crippen LogP) is 3.62. The van der Waals surface area contributed by atoms with Crippen molar-refractivity contribution in [1.82, 2.24) is 10.2 Å². The van der Waals surface area contributed by atoms with Crippen molar-refractivity contribution in [2.45, 2.75) is 45.2 Å². The molecule has 0 spiro atoms. The van der Waals surface area contributed by atoms with Crippen molar-refractivity contribution in [1.29, 1.82) is 0 Å². The molecule has 0 fully saturated rings. The molecule has 1 aromatic carbocycles. The van der Waals surface area contributed by atoms with Crippen LogP contribution in [-0.2, 0) is 6.54 Å². The normalized spacial score (nSPS) is 11.5.